The third-order valence-electron chi connectivity index (χ3n) is 4.19. The molecule has 0 aromatic heterocycles. The van der Waals surface area contributed by atoms with Crippen molar-refractivity contribution in [1.29, 1.82) is 0 Å². The summed E-state index contributed by atoms with van der Waals surface area (Å²) in [5.74, 6) is -0.466. The van der Waals surface area contributed by atoms with Crippen molar-refractivity contribution in [1.82, 2.24) is 15.5 Å². The molecule has 0 spiro atoms. The summed E-state index contributed by atoms with van der Waals surface area (Å²) in [7, 11) is 0. The molecule has 2 N–H and O–H groups in total. The predicted molar refractivity (Wildman–Crippen MR) is 97.7 cm³/mol. The summed E-state index contributed by atoms with van der Waals surface area (Å²) in [6, 6.07) is 13.6. The topological polar surface area (TPSA) is 78.5 Å². The molecule has 0 unspecified atom stereocenters. The van der Waals surface area contributed by atoms with Crippen LogP contribution in [-0.4, -0.2) is 29.3 Å². The number of rotatable bonds is 5. The lowest BCUT2D eigenvalue weighted by Gasteiger charge is -2.15. The molecule has 7 heteroatoms. The Balaban J connectivity index is 1.63. The van der Waals surface area contributed by atoms with E-state index in [1.54, 1.807) is 30.3 Å². The van der Waals surface area contributed by atoms with Crippen molar-refractivity contribution >= 4 is 29.4 Å². The predicted octanol–water partition coefficient (Wildman–Crippen LogP) is 2.88. The molecule has 0 bridgehead atoms. The number of amides is 4. The summed E-state index contributed by atoms with van der Waals surface area (Å²) >= 11 is 5.98. The molecule has 1 atom stereocenters. The van der Waals surface area contributed by atoms with Crippen LogP contribution in [0.15, 0.2) is 48.5 Å². The fourth-order valence-electron chi connectivity index (χ4n) is 2.70. The van der Waals surface area contributed by atoms with Crippen LogP contribution >= 0.6 is 11.6 Å². The summed E-state index contributed by atoms with van der Waals surface area (Å²) in [6.45, 7) is 2.10. The summed E-state index contributed by atoms with van der Waals surface area (Å²) in [5.41, 5.74) is 2.19. The number of imide groups is 1. The maximum absolute atomic E-state index is 12.4. The third-order valence-corrected chi connectivity index (χ3v) is 4.43. The molecule has 0 radical (unpaired) electrons. The van der Waals surface area contributed by atoms with Gasteiger partial charge in [0.1, 0.15) is 0 Å². The lowest BCUT2D eigenvalue weighted by molar-refractivity contribution is -0.125. The van der Waals surface area contributed by atoms with E-state index in [9.17, 15) is 14.4 Å². The van der Waals surface area contributed by atoms with Gasteiger partial charge in [-0.3, -0.25) is 14.5 Å². The van der Waals surface area contributed by atoms with Gasteiger partial charge in [0.2, 0.25) is 5.91 Å². The van der Waals surface area contributed by atoms with Crippen molar-refractivity contribution in [2.45, 2.75) is 19.5 Å². The van der Waals surface area contributed by atoms with Crippen LogP contribution < -0.4 is 10.6 Å². The lowest BCUT2D eigenvalue weighted by Crippen LogP contribution is -2.30. The molecule has 1 saturated heterocycles. The van der Waals surface area contributed by atoms with Crippen LogP contribution in [0.3, 0.4) is 0 Å². The van der Waals surface area contributed by atoms with E-state index in [-0.39, 0.29) is 30.9 Å². The Labute approximate surface area is 156 Å². The lowest BCUT2D eigenvalue weighted by atomic mass is 10.1. The van der Waals surface area contributed by atoms with Crippen LogP contribution in [0.1, 0.15) is 34.5 Å². The Kier molecular flexibility index (Phi) is 5.23. The van der Waals surface area contributed by atoms with Gasteiger partial charge in [0.25, 0.3) is 5.91 Å². The van der Waals surface area contributed by atoms with Crippen LogP contribution in [0.25, 0.3) is 0 Å². The smallest absolute Gasteiger partial charge is 0.324 e. The van der Waals surface area contributed by atoms with E-state index < -0.39 is 6.03 Å². The highest BCUT2D eigenvalue weighted by Crippen LogP contribution is 2.18. The Morgan fingerprint density at radius 2 is 1.96 bits per heavy atom. The number of hydrogen-bond donors (Lipinski definition) is 2. The number of halogens is 1. The molecule has 1 heterocycles. The minimum Gasteiger partial charge on any atom is -0.346 e. The van der Waals surface area contributed by atoms with Crippen LogP contribution in [-0.2, 0) is 11.3 Å². The molecule has 0 saturated carbocycles. The first kappa shape index (κ1) is 17.9. The van der Waals surface area contributed by atoms with Crippen molar-refractivity contribution in [3.8, 4) is 0 Å². The van der Waals surface area contributed by atoms with Gasteiger partial charge in [-0.1, -0.05) is 35.9 Å². The van der Waals surface area contributed by atoms with Crippen molar-refractivity contribution in [3.05, 3.63) is 70.2 Å². The fraction of sp³-hybridized carbons (Fsp3) is 0.211. The summed E-state index contributed by atoms with van der Waals surface area (Å²) in [6.07, 6.45) is 0. The van der Waals surface area contributed by atoms with Crippen molar-refractivity contribution in [2.75, 3.05) is 6.54 Å². The number of benzene rings is 2. The second-order valence-electron chi connectivity index (χ2n) is 6.09. The number of carbonyl (C=O) groups is 3. The highest BCUT2D eigenvalue weighted by molar-refractivity contribution is 6.30. The molecule has 2 aromatic carbocycles. The monoisotopic (exact) mass is 371 g/mol. The minimum atomic E-state index is -0.396. The summed E-state index contributed by atoms with van der Waals surface area (Å²) in [4.78, 5) is 36.7. The molecular weight excluding hydrogens is 354 g/mol. The average molecular weight is 372 g/mol. The molecule has 6 nitrogen and oxygen atoms in total. The standard InChI is InChI=1S/C19H18ClN3O3/c1-12(15-3-2-4-16(20)9-15)22-18(25)14-7-5-13(6-8-14)11-23-17(24)10-21-19(23)26/h2-9,12H,10-11H2,1H3,(H,21,26)(H,22,25)/t12-/m1/s1. The average Bonchev–Trinajstić information content (AvgIpc) is 2.94. The Hall–Kier alpha value is -2.86. The minimum absolute atomic E-state index is 0.0285. The Morgan fingerprint density at radius 3 is 2.58 bits per heavy atom. The van der Waals surface area contributed by atoms with E-state index in [1.807, 2.05) is 25.1 Å². The molecule has 26 heavy (non-hydrogen) atoms. The number of carbonyl (C=O) groups excluding carboxylic acids is 3. The zero-order chi connectivity index (χ0) is 18.7. The van der Waals surface area contributed by atoms with E-state index >= 15 is 0 Å². The number of nitrogens with zero attached hydrogens (tertiary/aromatic N) is 1. The zero-order valence-corrected chi connectivity index (χ0v) is 14.9. The van der Waals surface area contributed by atoms with Gasteiger partial charge in [0.05, 0.1) is 19.1 Å². The maximum atomic E-state index is 12.4. The van der Waals surface area contributed by atoms with E-state index in [1.165, 1.54) is 0 Å². The van der Waals surface area contributed by atoms with Crippen molar-refractivity contribution < 1.29 is 14.4 Å². The molecule has 4 amide bonds. The normalized spacial score (nSPS) is 14.9. The van der Waals surface area contributed by atoms with Gasteiger partial charge in [0.15, 0.2) is 0 Å². The van der Waals surface area contributed by atoms with E-state index in [0.717, 1.165) is 16.0 Å². The van der Waals surface area contributed by atoms with Gasteiger partial charge < -0.3 is 10.6 Å². The molecule has 1 aliphatic rings. The first-order chi connectivity index (χ1) is 12.4. The number of hydrogen-bond acceptors (Lipinski definition) is 3. The number of nitrogens with one attached hydrogen (secondary N) is 2. The van der Waals surface area contributed by atoms with Crippen LogP contribution in [0, 0.1) is 0 Å². The SMILES string of the molecule is C[C@@H](NC(=O)c1ccc(CN2C(=O)CNC2=O)cc1)c1cccc(Cl)c1. The van der Waals surface area contributed by atoms with Gasteiger partial charge in [-0.15, -0.1) is 0 Å². The largest absolute Gasteiger partial charge is 0.346 e. The van der Waals surface area contributed by atoms with Crippen molar-refractivity contribution in [3.63, 3.8) is 0 Å². The second kappa shape index (κ2) is 7.58. The van der Waals surface area contributed by atoms with Crippen LogP contribution in [0.5, 0.6) is 0 Å². The highest BCUT2D eigenvalue weighted by atomic mass is 35.5. The summed E-state index contributed by atoms with van der Waals surface area (Å²) in [5, 5.41) is 6.01. The zero-order valence-electron chi connectivity index (χ0n) is 14.2. The first-order valence-electron chi connectivity index (χ1n) is 8.17. The third kappa shape index (κ3) is 4.03. The van der Waals surface area contributed by atoms with E-state index in [2.05, 4.69) is 10.6 Å². The highest BCUT2D eigenvalue weighted by Gasteiger charge is 2.28. The van der Waals surface area contributed by atoms with Gasteiger partial charge in [0, 0.05) is 10.6 Å². The molecule has 1 aliphatic heterocycles. The van der Waals surface area contributed by atoms with Crippen LogP contribution in [0.2, 0.25) is 5.02 Å². The molecule has 3 rings (SSSR count). The molecule has 134 valence electrons. The van der Waals surface area contributed by atoms with Crippen LogP contribution in [0.4, 0.5) is 4.79 Å². The Morgan fingerprint density at radius 1 is 1.23 bits per heavy atom. The second-order valence-corrected chi connectivity index (χ2v) is 6.52. The fourth-order valence-corrected chi connectivity index (χ4v) is 2.90. The number of urea groups is 1. The molecule has 0 aliphatic carbocycles. The van der Waals surface area contributed by atoms with Gasteiger partial charge >= 0.3 is 6.03 Å². The summed E-state index contributed by atoms with van der Waals surface area (Å²) < 4.78 is 0. The van der Waals surface area contributed by atoms with Gasteiger partial charge in [-0.25, -0.2) is 4.79 Å². The molecule has 2 aromatic rings. The first-order valence-corrected chi connectivity index (χ1v) is 8.55. The Bertz CT molecular complexity index is 835. The van der Waals surface area contributed by atoms with E-state index in [0.29, 0.717) is 10.6 Å². The van der Waals surface area contributed by atoms with Gasteiger partial charge in [-0.2, -0.15) is 0 Å². The molecule has 1 fully saturated rings. The van der Waals surface area contributed by atoms with E-state index in [4.69, 9.17) is 11.6 Å². The maximum Gasteiger partial charge on any atom is 0.324 e. The van der Waals surface area contributed by atoms with Gasteiger partial charge in [-0.05, 0) is 42.3 Å². The molecular formula is C19H18ClN3O3. The van der Waals surface area contributed by atoms with Crippen molar-refractivity contribution in [2.24, 2.45) is 0 Å². The quantitative estimate of drug-likeness (QED) is 0.793.